The fraction of sp³-hybridized carbons (Fsp3) is 0.250. The normalized spacial score (nSPS) is 12.0. The minimum absolute atomic E-state index is 0.0691. The van der Waals surface area contributed by atoms with E-state index < -0.39 is 0 Å². The standard InChI is InChI=1S/C20H21ClN4OS/c1-13-7-9-15(10-8-13)19-23-24-20(27)25(19)12-11-18(26)22-14(2)16-5-3-4-6-17(16)21/h3-10,14H,11-12H2,1-2H3,(H,22,26)(H,24,27)/t14-/m1/s1. The first-order chi connectivity index (χ1) is 13.0. The van der Waals surface area contributed by atoms with Gasteiger partial charge in [-0.05, 0) is 37.7 Å². The van der Waals surface area contributed by atoms with Gasteiger partial charge in [-0.1, -0.05) is 59.6 Å². The summed E-state index contributed by atoms with van der Waals surface area (Å²) in [6.45, 7) is 4.39. The Kier molecular flexibility index (Phi) is 6.08. The van der Waals surface area contributed by atoms with Crippen molar-refractivity contribution in [1.82, 2.24) is 20.1 Å². The van der Waals surface area contributed by atoms with E-state index in [4.69, 9.17) is 23.8 Å². The van der Waals surface area contributed by atoms with Crippen LogP contribution in [0.25, 0.3) is 11.4 Å². The van der Waals surface area contributed by atoms with Crippen LogP contribution in [0.15, 0.2) is 48.5 Å². The van der Waals surface area contributed by atoms with Crippen molar-refractivity contribution in [2.24, 2.45) is 0 Å². The summed E-state index contributed by atoms with van der Waals surface area (Å²) in [5, 5.41) is 10.8. The summed E-state index contributed by atoms with van der Waals surface area (Å²) in [6, 6.07) is 15.4. The van der Waals surface area contributed by atoms with E-state index in [9.17, 15) is 4.79 Å². The van der Waals surface area contributed by atoms with Gasteiger partial charge < -0.3 is 5.32 Å². The van der Waals surface area contributed by atoms with Gasteiger partial charge in [0.25, 0.3) is 0 Å². The molecule has 2 N–H and O–H groups in total. The molecule has 0 spiro atoms. The predicted molar refractivity (Wildman–Crippen MR) is 110 cm³/mol. The second-order valence-electron chi connectivity index (χ2n) is 6.43. The summed E-state index contributed by atoms with van der Waals surface area (Å²) in [6.07, 6.45) is 0.293. The van der Waals surface area contributed by atoms with Crippen LogP contribution >= 0.6 is 23.8 Å². The molecule has 0 saturated heterocycles. The second-order valence-corrected chi connectivity index (χ2v) is 7.22. The van der Waals surface area contributed by atoms with Gasteiger partial charge in [0.15, 0.2) is 10.6 Å². The Hall–Kier alpha value is -2.44. The van der Waals surface area contributed by atoms with Crippen LogP contribution in [0.1, 0.15) is 30.5 Å². The van der Waals surface area contributed by atoms with Crippen LogP contribution in [0.3, 0.4) is 0 Å². The lowest BCUT2D eigenvalue weighted by molar-refractivity contribution is -0.121. The van der Waals surface area contributed by atoms with Crippen LogP contribution in [0, 0.1) is 11.7 Å². The van der Waals surface area contributed by atoms with Crippen LogP contribution < -0.4 is 5.32 Å². The first-order valence-electron chi connectivity index (χ1n) is 8.71. The van der Waals surface area contributed by atoms with Crippen molar-refractivity contribution in [3.05, 3.63) is 69.5 Å². The number of hydrogen-bond acceptors (Lipinski definition) is 3. The maximum Gasteiger partial charge on any atom is 0.222 e. The lowest BCUT2D eigenvalue weighted by atomic mass is 10.1. The molecule has 1 heterocycles. The first-order valence-corrected chi connectivity index (χ1v) is 9.50. The molecule has 5 nitrogen and oxygen atoms in total. The number of rotatable bonds is 6. The maximum absolute atomic E-state index is 12.4. The Balaban J connectivity index is 1.67. The molecule has 0 aliphatic carbocycles. The van der Waals surface area contributed by atoms with Gasteiger partial charge in [0.2, 0.25) is 5.91 Å². The van der Waals surface area contributed by atoms with E-state index in [1.165, 1.54) is 5.56 Å². The molecule has 0 fully saturated rings. The average Bonchev–Trinajstić information content (AvgIpc) is 3.01. The van der Waals surface area contributed by atoms with Crippen molar-refractivity contribution in [3.8, 4) is 11.4 Å². The molecule has 0 unspecified atom stereocenters. The number of nitrogens with zero attached hydrogens (tertiary/aromatic N) is 2. The third kappa shape index (κ3) is 4.64. The summed E-state index contributed by atoms with van der Waals surface area (Å²) >= 11 is 11.5. The Labute approximate surface area is 168 Å². The molecular weight excluding hydrogens is 380 g/mol. The Morgan fingerprint density at radius 1 is 1.26 bits per heavy atom. The smallest absolute Gasteiger partial charge is 0.222 e. The number of benzene rings is 2. The van der Waals surface area contributed by atoms with Crippen molar-refractivity contribution in [1.29, 1.82) is 0 Å². The molecule has 140 valence electrons. The number of aromatic amines is 1. The predicted octanol–water partition coefficient (Wildman–Crippen LogP) is 4.84. The van der Waals surface area contributed by atoms with Gasteiger partial charge in [0, 0.05) is 23.6 Å². The third-order valence-electron chi connectivity index (χ3n) is 4.38. The summed E-state index contributed by atoms with van der Waals surface area (Å²) in [4.78, 5) is 12.4. The summed E-state index contributed by atoms with van der Waals surface area (Å²) in [7, 11) is 0. The summed E-state index contributed by atoms with van der Waals surface area (Å²) in [5.74, 6) is 0.660. The van der Waals surface area contributed by atoms with Gasteiger partial charge in [-0.2, -0.15) is 5.10 Å². The highest BCUT2D eigenvalue weighted by atomic mass is 35.5. The van der Waals surface area contributed by atoms with Crippen LogP contribution in [-0.2, 0) is 11.3 Å². The molecule has 3 aromatic rings. The summed E-state index contributed by atoms with van der Waals surface area (Å²) < 4.78 is 2.34. The zero-order valence-corrected chi connectivity index (χ0v) is 16.8. The SMILES string of the molecule is Cc1ccc(-c2n[nH]c(=S)n2CCC(=O)N[C@H](C)c2ccccc2Cl)cc1. The zero-order valence-electron chi connectivity index (χ0n) is 15.2. The Morgan fingerprint density at radius 2 is 1.96 bits per heavy atom. The molecule has 1 aromatic heterocycles. The molecule has 0 aliphatic heterocycles. The monoisotopic (exact) mass is 400 g/mol. The minimum Gasteiger partial charge on any atom is -0.349 e. The molecule has 1 atom stereocenters. The number of nitrogens with one attached hydrogen (secondary N) is 2. The fourth-order valence-electron chi connectivity index (χ4n) is 2.88. The average molecular weight is 401 g/mol. The van der Waals surface area contributed by atoms with Crippen molar-refractivity contribution in [3.63, 3.8) is 0 Å². The molecule has 2 aromatic carbocycles. The number of amides is 1. The number of halogens is 1. The second kappa shape index (κ2) is 8.50. The highest BCUT2D eigenvalue weighted by Crippen LogP contribution is 2.22. The maximum atomic E-state index is 12.4. The van der Waals surface area contributed by atoms with Crippen LogP contribution in [0.4, 0.5) is 0 Å². The van der Waals surface area contributed by atoms with Crippen LogP contribution in [0.5, 0.6) is 0 Å². The molecule has 27 heavy (non-hydrogen) atoms. The molecular formula is C20H21ClN4OS. The van der Waals surface area contributed by atoms with E-state index in [0.717, 1.165) is 17.0 Å². The van der Waals surface area contributed by atoms with Gasteiger partial charge >= 0.3 is 0 Å². The van der Waals surface area contributed by atoms with E-state index in [2.05, 4.69) is 15.5 Å². The summed E-state index contributed by atoms with van der Waals surface area (Å²) in [5.41, 5.74) is 3.03. The van der Waals surface area contributed by atoms with Gasteiger partial charge in [0.05, 0.1) is 6.04 Å². The first kappa shape index (κ1) is 19.3. The van der Waals surface area contributed by atoms with Crippen molar-refractivity contribution in [2.45, 2.75) is 32.9 Å². The highest BCUT2D eigenvalue weighted by molar-refractivity contribution is 7.71. The number of carbonyl (C=O) groups excluding carboxylic acids is 1. The minimum atomic E-state index is -0.167. The number of H-pyrrole nitrogens is 1. The topological polar surface area (TPSA) is 62.7 Å². The lowest BCUT2D eigenvalue weighted by Crippen LogP contribution is -2.27. The van der Waals surface area contributed by atoms with Gasteiger partial charge in [-0.3, -0.25) is 14.5 Å². The number of aryl methyl sites for hydroxylation is 1. The molecule has 1 amide bonds. The Morgan fingerprint density at radius 3 is 2.67 bits per heavy atom. The van der Waals surface area contributed by atoms with Crippen molar-refractivity contribution < 1.29 is 4.79 Å². The van der Waals surface area contributed by atoms with Gasteiger partial charge in [-0.15, -0.1) is 0 Å². The molecule has 3 rings (SSSR count). The molecule has 0 aliphatic rings. The van der Waals surface area contributed by atoms with E-state index in [1.54, 1.807) is 0 Å². The highest BCUT2D eigenvalue weighted by Gasteiger charge is 2.14. The molecule has 0 saturated carbocycles. The lowest BCUT2D eigenvalue weighted by Gasteiger charge is -2.16. The van der Waals surface area contributed by atoms with Crippen LogP contribution in [0.2, 0.25) is 5.02 Å². The molecule has 0 bridgehead atoms. The van der Waals surface area contributed by atoms with Crippen LogP contribution in [-0.4, -0.2) is 20.7 Å². The van der Waals surface area contributed by atoms with Gasteiger partial charge in [-0.25, -0.2) is 0 Å². The Bertz CT molecular complexity index is 994. The zero-order chi connectivity index (χ0) is 19.4. The number of hydrogen-bond donors (Lipinski definition) is 2. The molecule has 7 heteroatoms. The van der Waals surface area contributed by atoms with E-state index >= 15 is 0 Å². The number of aromatic nitrogens is 3. The van der Waals surface area contributed by atoms with Crippen molar-refractivity contribution >= 4 is 29.7 Å². The van der Waals surface area contributed by atoms with Crippen molar-refractivity contribution in [2.75, 3.05) is 0 Å². The number of carbonyl (C=O) groups is 1. The van der Waals surface area contributed by atoms with E-state index in [-0.39, 0.29) is 11.9 Å². The van der Waals surface area contributed by atoms with E-state index in [1.807, 2.05) is 66.9 Å². The quantitative estimate of drug-likeness (QED) is 0.582. The fourth-order valence-corrected chi connectivity index (χ4v) is 3.40. The van der Waals surface area contributed by atoms with E-state index in [0.29, 0.717) is 22.8 Å². The largest absolute Gasteiger partial charge is 0.349 e. The third-order valence-corrected chi connectivity index (χ3v) is 5.04. The van der Waals surface area contributed by atoms with Gasteiger partial charge in [0.1, 0.15) is 0 Å². The molecule has 0 radical (unpaired) electrons.